The topological polar surface area (TPSA) is 64.7 Å². The molecule has 1 atom stereocenters. The maximum Gasteiger partial charge on any atom is 0.223 e. The number of nitrogens with zero attached hydrogens (tertiary/aromatic N) is 3. The molecule has 5 heteroatoms. The van der Waals surface area contributed by atoms with Gasteiger partial charge in [0.25, 0.3) is 0 Å². The van der Waals surface area contributed by atoms with Crippen LogP contribution in [-0.2, 0) is 0 Å². The Morgan fingerprint density at radius 1 is 0.889 bits per heavy atom. The lowest BCUT2D eigenvalue weighted by Gasteiger charge is -2.21. The zero-order chi connectivity index (χ0) is 12.4. The summed E-state index contributed by atoms with van der Waals surface area (Å²) in [6.07, 6.45) is 8.80. The second-order valence-electron chi connectivity index (χ2n) is 5.25. The molecule has 0 aromatic carbocycles. The molecule has 1 aromatic heterocycles. The first-order chi connectivity index (χ1) is 8.83. The lowest BCUT2D eigenvalue weighted by Crippen LogP contribution is -2.14. The largest absolute Gasteiger partial charge is 0.368 e. The van der Waals surface area contributed by atoms with Crippen LogP contribution < -0.4 is 5.73 Å². The maximum absolute atomic E-state index is 5.86. The molecule has 18 heavy (non-hydrogen) atoms. The van der Waals surface area contributed by atoms with Gasteiger partial charge in [0, 0.05) is 5.92 Å². The molecular weight excluding hydrogens is 244 g/mol. The number of nitrogen functional groups attached to an aromatic ring is 1. The van der Waals surface area contributed by atoms with Crippen LogP contribution >= 0.6 is 11.8 Å². The third-order valence-corrected chi connectivity index (χ3v) is 5.25. The molecule has 0 spiro atoms. The molecule has 3 rings (SSSR count). The van der Waals surface area contributed by atoms with E-state index >= 15 is 0 Å². The first kappa shape index (κ1) is 12.2. The van der Waals surface area contributed by atoms with Gasteiger partial charge in [-0.15, -0.1) is 0 Å². The van der Waals surface area contributed by atoms with E-state index in [1.807, 2.05) is 11.8 Å². The number of thioether (sulfide) groups is 1. The van der Waals surface area contributed by atoms with Gasteiger partial charge in [-0.3, -0.25) is 0 Å². The van der Waals surface area contributed by atoms with Crippen LogP contribution in [0.25, 0.3) is 0 Å². The molecule has 1 unspecified atom stereocenters. The number of hydrogen-bond acceptors (Lipinski definition) is 5. The quantitative estimate of drug-likeness (QED) is 0.889. The average molecular weight is 264 g/mol. The van der Waals surface area contributed by atoms with E-state index in [1.54, 1.807) is 0 Å². The minimum atomic E-state index is 0.410. The van der Waals surface area contributed by atoms with E-state index in [1.165, 1.54) is 50.7 Å². The fourth-order valence-corrected chi connectivity index (χ4v) is 4.10. The summed E-state index contributed by atoms with van der Waals surface area (Å²) < 4.78 is 0. The van der Waals surface area contributed by atoms with Crippen molar-refractivity contribution in [2.75, 3.05) is 11.5 Å². The summed E-state index contributed by atoms with van der Waals surface area (Å²) in [6, 6.07) is 0. The smallest absolute Gasteiger partial charge is 0.223 e. The van der Waals surface area contributed by atoms with E-state index in [9.17, 15) is 0 Å². The van der Waals surface area contributed by atoms with Gasteiger partial charge in [-0.25, -0.2) is 4.98 Å². The van der Waals surface area contributed by atoms with Gasteiger partial charge in [0.05, 0.1) is 5.25 Å². The predicted octanol–water partition coefficient (Wildman–Crippen LogP) is 3.07. The third-order valence-electron chi connectivity index (χ3n) is 3.88. The molecule has 98 valence electrons. The molecule has 0 bridgehead atoms. The molecule has 4 nitrogen and oxygen atoms in total. The Bertz CT molecular complexity index is 411. The zero-order valence-corrected chi connectivity index (χ0v) is 11.5. The van der Waals surface area contributed by atoms with Crippen molar-refractivity contribution in [3.63, 3.8) is 0 Å². The summed E-state index contributed by atoms with van der Waals surface area (Å²) in [6.45, 7) is 0. The van der Waals surface area contributed by atoms with E-state index in [-0.39, 0.29) is 0 Å². The summed E-state index contributed by atoms with van der Waals surface area (Å²) in [5.74, 6) is 4.01. The first-order valence-electron chi connectivity index (χ1n) is 6.96. The van der Waals surface area contributed by atoms with Gasteiger partial charge in [-0.05, 0) is 31.4 Å². The fraction of sp³-hybridized carbons (Fsp3) is 0.769. The van der Waals surface area contributed by atoms with E-state index < -0.39 is 0 Å². The average Bonchev–Trinajstić information content (AvgIpc) is 2.93. The standard InChI is InChI=1S/C13H20N4S/c14-13-16-11(9-5-2-1-3-6-9)15-12(17-13)10-7-4-8-18-10/h9-10H,1-8H2,(H2,14,15,16,17). The van der Waals surface area contributed by atoms with Crippen LogP contribution in [0.3, 0.4) is 0 Å². The van der Waals surface area contributed by atoms with Crippen molar-refractivity contribution < 1.29 is 0 Å². The predicted molar refractivity (Wildman–Crippen MR) is 74.5 cm³/mol. The Morgan fingerprint density at radius 3 is 2.39 bits per heavy atom. The highest BCUT2D eigenvalue weighted by Gasteiger charge is 2.24. The Kier molecular flexibility index (Phi) is 3.68. The van der Waals surface area contributed by atoms with Crippen molar-refractivity contribution >= 4 is 17.7 Å². The first-order valence-corrected chi connectivity index (χ1v) is 8.01. The summed E-state index contributed by atoms with van der Waals surface area (Å²) in [5, 5.41) is 0.442. The van der Waals surface area contributed by atoms with Gasteiger partial charge < -0.3 is 5.73 Å². The van der Waals surface area contributed by atoms with Crippen LogP contribution in [0.4, 0.5) is 5.95 Å². The highest BCUT2D eigenvalue weighted by molar-refractivity contribution is 7.99. The van der Waals surface area contributed by atoms with Crippen molar-refractivity contribution in [3.05, 3.63) is 11.6 Å². The molecule has 2 N–H and O–H groups in total. The Hall–Kier alpha value is -0.840. The van der Waals surface area contributed by atoms with Gasteiger partial charge >= 0.3 is 0 Å². The van der Waals surface area contributed by atoms with Gasteiger partial charge in [-0.1, -0.05) is 19.3 Å². The number of rotatable bonds is 2. The van der Waals surface area contributed by atoms with Crippen molar-refractivity contribution in [2.45, 2.75) is 56.1 Å². The van der Waals surface area contributed by atoms with Gasteiger partial charge in [0.2, 0.25) is 5.95 Å². The van der Waals surface area contributed by atoms with Crippen molar-refractivity contribution in [1.82, 2.24) is 15.0 Å². The van der Waals surface area contributed by atoms with E-state index in [4.69, 9.17) is 10.7 Å². The molecule has 1 aliphatic heterocycles. The zero-order valence-electron chi connectivity index (χ0n) is 10.6. The molecule has 2 fully saturated rings. The van der Waals surface area contributed by atoms with Crippen LogP contribution in [0.15, 0.2) is 0 Å². The SMILES string of the molecule is Nc1nc(C2CCCCC2)nc(C2CCCS2)n1. The number of anilines is 1. The van der Waals surface area contributed by atoms with Crippen LogP contribution in [-0.4, -0.2) is 20.7 Å². The van der Waals surface area contributed by atoms with Gasteiger partial charge in [0.15, 0.2) is 0 Å². The van der Waals surface area contributed by atoms with Crippen LogP contribution in [0.5, 0.6) is 0 Å². The number of hydrogen-bond donors (Lipinski definition) is 1. The third kappa shape index (κ3) is 2.60. The lowest BCUT2D eigenvalue weighted by molar-refractivity contribution is 0.426. The van der Waals surface area contributed by atoms with Gasteiger partial charge in [0.1, 0.15) is 11.6 Å². The number of aromatic nitrogens is 3. The minimum Gasteiger partial charge on any atom is -0.368 e. The summed E-state index contributed by atoms with van der Waals surface area (Å²) in [7, 11) is 0. The Morgan fingerprint density at radius 2 is 1.67 bits per heavy atom. The Labute approximate surface area is 112 Å². The molecule has 1 saturated heterocycles. The molecule has 1 aromatic rings. The molecule has 0 amide bonds. The molecular formula is C13H20N4S. The summed E-state index contributed by atoms with van der Waals surface area (Å²) >= 11 is 1.95. The van der Waals surface area contributed by atoms with Crippen molar-refractivity contribution in [2.24, 2.45) is 0 Å². The lowest BCUT2D eigenvalue weighted by atomic mass is 9.89. The highest BCUT2D eigenvalue weighted by atomic mass is 32.2. The summed E-state index contributed by atoms with van der Waals surface area (Å²) in [5.41, 5.74) is 5.86. The van der Waals surface area contributed by atoms with E-state index in [0.29, 0.717) is 17.1 Å². The van der Waals surface area contributed by atoms with Gasteiger partial charge in [-0.2, -0.15) is 21.7 Å². The minimum absolute atomic E-state index is 0.410. The second-order valence-corrected chi connectivity index (χ2v) is 6.56. The molecule has 2 heterocycles. The normalized spacial score (nSPS) is 25.4. The van der Waals surface area contributed by atoms with Crippen molar-refractivity contribution in [3.8, 4) is 0 Å². The van der Waals surface area contributed by atoms with E-state index in [2.05, 4.69) is 9.97 Å². The Balaban J connectivity index is 1.84. The van der Waals surface area contributed by atoms with E-state index in [0.717, 1.165) is 11.6 Å². The number of nitrogens with two attached hydrogens (primary N) is 1. The molecule has 0 radical (unpaired) electrons. The van der Waals surface area contributed by atoms with Crippen LogP contribution in [0.1, 0.15) is 67.8 Å². The summed E-state index contributed by atoms with van der Waals surface area (Å²) in [4.78, 5) is 13.4. The van der Waals surface area contributed by atoms with Crippen molar-refractivity contribution in [1.29, 1.82) is 0 Å². The maximum atomic E-state index is 5.86. The molecule has 1 aliphatic carbocycles. The molecule has 1 saturated carbocycles. The highest BCUT2D eigenvalue weighted by Crippen LogP contribution is 2.39. The molecule has 2 aliphatic rings. The second kappa shape index (κ2) is 5.43. The van der Waals surface area contributed by atoms with Crippen LogP contribution in [0.2, 0.25) is 0 Å². The fourth-order valence-electron chi connectivity index (χ4n) is 2.90. The van der Waals surface area contributed by atoms with Crippen LogP contribution in [0, 0.1) is 0 Å². The monoisotopic (exact) mass is 264 g/mol.